The Morgan fingerprint density at radius 1 is 1.06 bits per heavy atom. The second-order valence-corrected chi connectivity index (χ2v) is 8.82. The number of hydrogen-bond acceptors (Lipinski definition) is 5. The van der Waals surface area contributed by atoms with Crippen molar-refractivity contribution in [1.82, 2.24) is 19.6 Å². The summed E-state index contributed by atoms with van der Waals surface area (Å²) >= 11 is 0. The van der Waals surface area contributed by atoms with Crippen LogP contribution in [0.5, 0.6) is 5.75 Å². The first kappa shape index (κ1) is 21.5. The molecule has 5 rings (SSSR count). The molecule has 1 fully saturated rings. The molecule has 170 valence electrons. The molecule has 1 aliphatic rings. The number of ether oxygens (including phenoxy) is 1. The Hall–Kier alpha value is -3.35. The lowest BCUT2D eigenvalue weighted by Crippen LogP contribution is -2.33. The number of aromatic nitrogens is 2. The van der Waals surface area contributed by atoms with Gasteiger partial charge in [0, 0.05) is 30.9 Å². The van der Waals surface area contributed by atoms with E-state index in [1.165, 1.54) is 12.0 Å². The fourth-order valence-corrected chi connectivity index (χ4v) is 4.54. The van der Waals surface area contributed by atoms with E-state index in [9.17, 15) is 0 Å². The van der Waals surface area contributed by atoms with E-state index in [4.69, 9.17) is 14.3 Å². The van der Waals surface area contributed by atoms with Crippen molar-refractivity contribution in [1.29, 1.82) is 0 Å². The SMILES string of the molecule is COc1ccc(-c2ccc(-n3cc(CN(C)C4CCN(C)C4)c(-c4ccco4)n3)cc2)cc1. The minimum atomic E-state index is 0.562. The van der Waals surface area contributed by atoms with Crippen LogP contribution in [0.4, 0.5) is 0 Å². The number of likely N-dealkylation sites (tertiary alicyclic amines) is 1. The monoisotopic (exact) mass is 442 g/mol. The third-order valence-electron chi connectivity index (χ3n) is 6.51. The lowest BCUT2D eigenvalue weighted by molar-refractivity contribution is 0.234. The maximum absolute atomic E-state index is 5.72. The summed E-state index contributed by atoms with van der Waals surface area (Å²) in [7, 11) is 6.08. The molecule has 1 unspecified atom stereocenters. The van der Waals surface area contributed by atoms with Crippen molar-refractivity contribution in [2.75, 3.05) is 34.3 Å². The van der Waals surface area contributed by atoms with E-state index in [0.29, 0.717) is 6.04 Å². The molecule has 0 aliphatic carbocycles. The molecule has 4 aromatic rings. The van der Waals surface area contributed by atoms with Crippen molar-refractivity contribution >= 4 is 0 Å². The van der Waals surface area contributed by atoms with Crippen LogP contribution < -0.4 is 4.74 Å². The van der Waals surface area contributed by atoms with E-state index < -0.39 is 0 Å². The first-order valence-corrected chi connectivity index (χ1v) is 11.4. The van der Waals surface area contributed by atoms with E-state index >= 15 is 0 Å². The van der Waals surface area contributed by atoms with E-state index in [2.05, 4.69) is 66.5 Å². The summed E-state index contributed by atoms with van der Waals surface area (Å²) in [6.45, 7) is 3.09. The summed E-state index contributed by atoms with van der Waals surface area (Å²) in [5.41, 5.74) is 5.40. The van der Waals surface area contributed by atoms with Gasteiger partial charge in [-0.1, -0.05) is 24.3 Å². The van der Waals surface area contributed by atoms with Gasteiger partial charge in [0.15, 0.2) is 5.76 Å². The Morgan fingerprint density at radius 3 is 2.39 bits per heavy atom. The molecule has 1 saturated heterocycles. The number of furan rings is 1. The van der Waals surface area contributed by atoms with Crippen LogP contribution in [0.3, 0.4) is 0 Å². The van der Waals surface area contributed by atoms with Gasteiger partial charge in [-0.15, -0.1) is 0 Å². The molecule has 0 radical (unpaired) electrons. The fraction of sp³-hybridized carbons (Fsp3) is 0.296. The van der Waals surface area contributed by atoms with Crippen LogP contribution in [0.1, 0.15) is 12.0 Å². The zero-order chi connectivity index (χ0) is 22.8. The first-order valence-electron chi connectivity index (χ1n) is 11.4. The predicted octanol–water partition coefficient (Wildman–Crippen LogP) is 4.94. The number of likely N-dealkylation sites (N-methyl/N-ethyl adjacent to an activating group) is 2. The second-order valence-electron chi connectivity index (χ2n) is 8.82. The summed E-state index contributed by atoms with van der Waals surface area (Å²) in [6, 6.07) is 21.0. The summed E-state index contributed by atoms with van der Waals surface area (Å²) in [6.07, 6.45) is 5.04. The van der Waals surface area contributed by atoms with Crippen LogP contribution in [0.2, 0.25) is 0 Å². The third kappa shape index (κ3) is 4.58. The molecule has 33 heavy (non-hydrogen) atoms. The van der Waals surface area contributed by atoms with Gasteiger partial charge in [-0.05, 0) is 74.6 Å². The van der Waals surface area contributed by atoms with Crippen LogP contribution >= 0.6 is 0 Å². The number of methoxy groups -OCH3 is 1. The van der Waals surface area contributed by atoms with Crippen LogP contribution in [-0.2, 0) is 6.54 Å². The fourth-order valence-electron chi connectivity index (χ4n) is 4.54. The van der Waals surface area contributed by atoms with Gasteiger partial charge in [0.25, 0.3) is 0 Å². The van der Waals surface area contributed by atoms with Gasteiger partial charge in [-0.25, -0.2) is 4.68 Å². The standard InChI is InChI=1S/C27H30N4O2/c1-29-15-14-24(19-29)30(2)17-22-18-31(28-27(22)26-5-4-16-33-26)23-10-6-20(7-11-23)21-8-12-25(32-3)13-9-21/h4-13,16,18,24H,14-15,17,19H2,1-3H3. The van der Waals surface area contributed by atoms with Crippen molar-refractivity contribution in [2.24, 2.45) is 0 Å². The highest BCUT2D eigenvalue weighted by atomic mass is 16.5. The van der Waals surface area contributed by atoms with Crippen LogP contribution in [0.25, 0.3) is 28.3 Å². The molecule has 3 heterocycles. The zero-order valence-electron chi connectivity index (χ0n) is 19.4. The highest BCUT2D eigenvalue weighted by molar-refractivity contribution is 5.65. The molecule has 2 aromatic carbocycles. The van der Waals surface area contributed by atoms with E-state index in [-0.39, 0.29) is 0 Å². The molecular formula is C27H30N4O2. The van der Waals surface area contributed by atoms with E-state index in [1.54, 1.807) is 13.4 Å². The maximum atomic E-state index is 5.72. The number of benzene rings is 2. The smallest absolute Gasteiger partial charge is 0.154 e. The summed E-state index contributed by atoms with van der Waals surface area (Å²) < 4.78 is 12.9. The molecule has 2 aromatic heterocycles. The molecule has 0 amide bonds. The molecule has 1 atom stereocenters. The Labute approximate surface area is 195 Å². The topological polar surface area (TPSA) is 46.7 Å². The van der Waals surface area contributed by atoms with Gasteiger partial charge in [-0.3, -0.25) is 4.90 Å². The minimum absolute atomic E-state index is 0.562. The van der Waals surface area contributed by atoms with Crippen molar-refractivity contribution in [3.05, 3.63) is 78.7 Å². The zero-order valence-corrected chi connectivity index (χ0v) is 19.4. The van der Waals surface area contributed by atoms with Crippen molar-refractivity contribution < 1.29 is 9.15 Å². The highest BCUT2D eigenvalue weighted by Crippen LogP contribution is 2.28. The molecule has 6 nitrogen and oxygen atoms in total. The lowest BCUT2D eigenvalue weighted by atomic mass is 10.1. The average molecular weight is 443 g/mol. The number of hydrogen-bond donors (Lipinski definition) is 0. The van der Waals surface area contributed by atoms with E-state index in [1.807, 2.05) is 28.9 Å². The molecule has 0 spiro atoms. The Morgan fingerprint density at radius 2 is 1.79 bits per heavy atom. The second kappa shape index (κ2) is 9.25. The average Bonchev–Trinajstić information content (AvgIpc) is 3.60. The Bertz CT molecular complexity index is 1180. The molecule has 0 N–H and O–H groups in total. The Kier molecular flexibility index (Phi) is 6.03. The highest BCUT2D eigenvalue weighted by Gasteiger charge is 2.25. The predicted molar refractivity (Wildman–Crippen MR) is 131 cm³/mol. The summed E-state index contributed by atoms with van der Waals surface area (Å²) in [5, 5.41) is 4.91. The molecule has 1 aliphatic heterocycles. The molecule has 6 heteroatoms. The number of rotatable bonds is 7. The quantitative estimate of drug-likeness (QED) is 0.406. The number of nitrogens with zero attached hydrogens (tertiary/aromatic N) is 4. The van der Waals surface area contributed by atoms with Crippen molar-refractivity contribution in [3.8, 4) is 34.0 Å². The van der Waals surface area contributed by atoms with Gasteiger partial charge in [0.1, 0.15) is 11.4 Å². The van der Waals surface area contributed by atoms with E-state index in [0.717, 1.165) is 53.7 Å². The first-order chi connectivity index (χ1) is 16.1. The van der Waals surface area contributed by atoms with Gasteiger partial charge in [0.05, 0.1) is 19.1 Å². The van der Waals surface area contributed by atoms with Gasteiger partial charge < -0.3 is 14.1 Å². The maximum Gasteiger partial charge on any atom is 0.154 e. The van der Waals surface area contributed by atoms with Crippen LogP contribution in [0.15, 0.2) is 77.5 Å². The minimum Gasteiger partial charge on any atom is -0.497 e. The Balaban J connectivity index is 1.41. The largest absolute Gasteiger partial charge is 0.497 e. The third-order valence-corrected chi connectivity index (χ3v) is 6.51. The van der Waals surface area contributed by atoms with Crippen molar-refractivity contribution in [3.63, 3.8) is 0 Å². The normalized spacial score (nSPS) is 16.5. The molecular weight excluding hydrogens is 412 g/mol. The van der Waals surface area contributed by atoms with Gasteiger partial charge in [0.2, 0.25) is 0 Å². The molecule has 0 bridgehead atoms. The summed E-state index contributed by atoms with van der Waals surface area (Å²) in [5.74, 6) is 1.66. The van der Waals surface area contributed by atoms with Gasteiger partial charge in [-0.2, -0.15) is 5.10 Å². The lowest BCUT2D eigenvalue weighted by Gasteiger charge is -2.23. The van der Waals surface area contributed by atoms with Crippen LogP contribution in [0, 0.1) is 0 Å². The van der Waals surface area contributed by atoms with Crippen LogP contribution in [-0.4, -0.2) is 59.9 Å². The molecule has 0 saturated carbocycles. The van der Waals surface area contributed by atoms with Crippen molar-refractivity contribution in [2.45, 2.75) is 19.0 Å². The summed E-state index contributed by atoms with van der Waals surface area (Å²) in [4.78, 5) is 4.83. The van der Waals surface area contributed by atoms with Gasteiger partial charge >= 0.3 is 0 Å².